The number of benzene rings is 1. The van der Waals surface area contributed by atoms with E-state index in [1.165, 1.54) is 18.5 Å². The van der Waals surface area contributed by atoms with E-state index in [9.17, 15) is 9.59 Å². The maximum absolute atomic E-state index is 12.2. The summed E-state index contributed by atoms with van der Waals surface area (Å²) >= 11 is 0. The van der Waals surface area contributed by atoms with Crippen molar-refractivity contribution in [3.05, 3.63) is 53.9 Å². The number of carboxylic acid groups (broad SMARTS) is 1. The second-order valence-corrected chi connectivity index (χ2v) is 5.69. The summed E-state index contributed by atoms with van der Waals surface area (Å²) in [7, 11) is 0. The lowest BCUT2D eigenvalue weighted by Crippen LogP contribution is -2.16. The number of pyridine rings is 1. The molecule has 0 spiro atoms. The summed E-state index contributed by atoms with van der Waals surface area (Å²) < 4.78 is 11.2. The number of aromatic nitrogens is 1. The Hall–Kier alpha value is -2.93. The number of nitrogens with one attached hydrogen (secondary N) is 1. The molecular formula is C18H18N2O5. The second-order valence-electron chi connectivity index (χ2n) is 5.69. The summed E-state index contributed by atoms with van der Waals surface area (Å²) in [6.07, 6.45) is 4.74. The highest BCUT2D eigenvalue weighted by atomic mass is 16.5. The van der Waals surface area contributed by atoms with Crippen LogP contribution in [-0.4, -0.2) is 41.3 Å². The number of amides is 1. The van der Waals surface area contributed by atoms with Crippen LogP contribution >= 0.6 is 0 Å². The van der Waals surface area contributed by atoms with Crippen molar-refractivity contribution in [2.45, 2.75) is 18.9 Å². The third kappa shape index (κ3) is 4.54. The van der Waals surface area contributed by atoms with E-state index in [0.29, 0.717) is 18.0 Å². The Balaban J connectivity index is 1.58. The predicted octanol–water partition coefficient (Wildman–Crippen LogP) is 2.59. The maximum atomic E-state index is 12.2. The van der Waals surface area contributed by atoms with Crippen LogP contribution in [0.25, 0.3) is 0 Å². The highest BCUT2D eigenvalue weighted by Gasteiger charge is 2.16. The third-order valence-electron chi connectivity index (χ3n) is 3.82. The molecule has 2 N–H and O–H groups in total. The first kappa shape index (κ1) is 16.9. The first-order valence-corrected chi connectivity index (χ1v) is 7.96. The van der Waals surface area contributed by atoms with Crippen molar-refractivity contribution < 1.29 is 24.2 Å². The topological polar surface area (TPSA) is 97.8 Å². The molecule has 0 saturated carbocycles. The Kier molecular flexibility index (Phi) is 5.25. The molecule has 0 aliphatic carbocycles. The van der Waals surface area contributed by atoms with Gasteiger partial charge in [0.2, 0.25) is 0 Å². The van der Waals surface area contributed by atoms with Gasteiger partial charge in [-0.2, -0.15) is 0 Å². The number of carboxylic acids is 1. The SMILES string of the molecule is O=C(O)c1cncc(C(=O)Nc2ccc(OCC3CCCO3)cc2)c1. The molecule has 1 fully saturated rings. The fourth-order valence-electron chi connectivity index (χ4n) is 2.48. The standard InChI is InChI=1S/C18H18N2O5/c21-17(12-8-13(18(22)23)10-19-9-12)20-14-3-5-15(6-4-14)25-11-16-2-1-7-24-16/h3-6,8-10,16H,1-2,7,11H2,(H,20,21)(H,22,23). The van der Waals surface area contributed by atoms with Crippen LogP contribution in [0.3, 0.4) is 0 Å². The van der Waals surface area contributed by atoms with Gasteiger partial charge in [-0.3, -0.25) is 9.78 Å². The number of ether oxygens (including phenoxy) is 2. The van der Waals surface area contributed by atoms with Crippen molar-refractivity contribution in [1.29, 1.82) is 0 Å². The average molecular weight is 342 g/mol. The fourth-order valence-corrected chi connectivity index (χ4v) is 2.48. The minimum atomic E-state index is -1.13. The Bertz CT molecular complexity index is 754. The number of anilines is 1. The highest BCUT2D eigenvalue weighted by molar-refractivity contribution is 6.05. The molecule has 2 aromatic rings. The van der Waals surface area contributed by atoms with Gasteiger partial charge in [0.05, 0.1) is 17.2 Å². The summed E-state index contributed by atoms with van der Waals surface area (Å²) in [5.74, 6) is -0.860. The molecular weight excluding hydrogens is 324 g/mol. The Morgan fingerprint density at radius 2 is 2.00 bits per heavy atom. The van der Waals surface area contributed by atoms with E-state index in [2.05, 4.69) is 10.3 Å². The van der Waals surface area contributed by atoms with Gasteiger partial charge in [-0.15, -0.1) is 0 Å². The third-order valence-corrected chi connectivity index (χ3v) is 3.82. The lowest BCUT2D eigenvalue weighted by molar-refractivity contribution is 0.0679. The predicted molar refractivity (Wildman–Crippen MR) is 90.1 cm³/mol. The molecule has 1 aliphatic rings. The van der Waals surface area contributed by atoms with E-state index >= 15 is 0 Å². The number of nitrogens with zero attached hydrogens (tertiary/aromatic N) is 1. The van der Waals surface area contributed by atoms with Crippen LogP contribution in [-0.2, 0) is 4.74 Å². The zero-order chi connectivity index (χ0) is 17.6. The van der Waals surface area contributed by atoms with Gasteiger partial charge < -0.3 is 19.9 Å². The number of rotatable bonds is 6. The number of hydrogen-bond donors (Lipinski definition) is 2. The van der Waals surface area contributed by atoms with Crippen LogP contribution in [0, 0.1) is 0 Å². The van der Waals surface area contributed by atoms with Crippen LogP contribution in [0.2, 0.25) is 0 Å². The first-order valence-electron chi connectivity index (χ1n) is 7.96. The van der Waals surface area contributed by atoms with Crippen molar-refractivity contribution in [1.82, 2.24) is 4.98 Å². The summed E-state index contributed by atoms with van der Waals surface area (Å²) in [4.78, 5) is 26.9. The molecule has 0 bridgehead atoms. The van der Waals surface area contributed by atoms with Gasteiger partial charge in [0, 0.05) is 24.7 Å². The quantitative estimate of drug-likeness (QED) is 0.837. The van der Waals surface area contributed by atoms with Crippen LogP contribution in [0.5, 0.6) is 5.75 Å². The summed E-state index contributed by atoms with van der Waals surface area (Å²) in [6.45, 7) is 1.30. The zero-order valence-electron chi connectivity index (χ0n) is 13.5. The van der Waals surface area contributed by atoms with Crippen molar-refractivity contribution in [3.63, 3.8) is 0 Å². The lowest BCUT2D eigenvalue weighted by atomic mass is 10.2. The van der Waals surface area contributed by atoms with Crippen LogP contribution in [0.1, 0.15) is 33.6 Å². The van der Waals surface area contributed by atoms with Gasteiger partial charge in [0.25, 0.3) is 5.91 Å². The van der Waals surface area contributed by atoms with Crippen molar-refractivity contribution in [3.8, 4) is 5.75 Å². The summed E-state index contributed by atoms with van der Waals surface area (Å²) in [5.41, 5.74) is 0.722. The molecule has 7 nitrogen and oxygen atoms in total. The van der Waals surface area contributed by atoms with E-state index < -0.39 is 11.9 Å². The van der Waals surface area contributed by atoms with E-state index in [0.717, 1.165) is 19.4 Å². The van der Waals surface area contributed by atoms with E-state index in [4.69, 9.17) is 14.6 Å². The Morgan fingerprint density at radius 1 is 1.24 bits per heavy atom. The number of hydrogen-bond acceptors (Lipinski definition) is 5. The molecule has 7 heteroatoms. The fraction of sp³-hybridized carbons (Fsp3) is 0.278. The summed E-state index contributed by atoms with van der Waals surface area (Å²) in [6, 6.07) is 8.24. The van der Waals surface area contributed by atoms with Gasteiger partial charge >= 0.3 is 5.97 Å². The zero-order valence-corrected chi connectivity index (χ0v) is 13.5. The summed E-state index contributed by atoms with van der Waals surface area (Å²) in [5, 5.41) is 11.6. The molecule has 1 aromatic carbocycles. The number of carbonyl (C=O) groups is 2. The van der Waals surface area contributed by atoms with E-state index in [1.807, 2.05) is 0 Å². The maximum Gasteiger partial charge on any atom is 0.337 e. The van der Waals surface area contributed by atoms with E-state index in [1.54, 1.807) is 24.3 Å². The smallest absolute Gasteiger partial charge is 0.337 e. The minimum absolute atomic E-state index is 0.0365. The molecule has 3 rings (SSSR count). The average Bonchev–Trinajstić information content (AvgIpc) is 3.15. The Labute approximate surface area is 144 Å². The van der Waals surface area contributed by atoms with Crippen molar-refractivity contribution >= 4 is 17.6 Å². The lowest BCUT2D eigenvalue weighted by Gasteiger charge is -2.12. The minimum Gasteiger partial charge on any atom is -0.491 e. The van der Waals surface area contributed by atoms with E-state index in [-0.39, 0.29) is 17.2 Å². The van der Waals surface area contributed by atoms with Gasteiger partial charge in [-0.05, 0) is 43.2 Å². The highest BCUT2D eigenvalue weighted by Crippen LogP contribution is 2.19. The molecule has 1 atom stereocenters. The molecule has 1 amide bonds. The molecule has 0 radical (unpaired) electrons. The van der Waals surface area contributed by atoms with Crippen molar-refractivity contribution in [2.75, 3.05) is 18.5 Å². The number of carbonyl (C=O) groups excluding carboxylic acids is 1. The van der Waals surface area contributed by atoms with Gasteiger partial charge in [-0.1, -0.05) is 0 Å². The largest absolute Gasteiger partial charge is 0.491 e. The van der Waals surface area contributed by atoms with Gasteiger partial charge in [0.15, 0.2) is 0 Å². The molecule has 130 valence electrons. The molecule has 1 aliphatic heterocycles. The van der Waals surface area contributed by atoms with Crippen LogP contribution in [0.15, 0.2) is 42.7 Å². The van der Waals surface area contributed by atoms with Crippen LogP contribution < -0.4 is 10.1 Å². The van der Waals surface area contributed by atoms with Gasteiger partial charge in [0.1, 0.15) is 12.4 Å². The number of aromatic carboxylic acids is 1. The molecule has 1 unspecified atom stereocenters. The molecule has 2 heterocycles. The van der Waals surface area contributed by atoms with Crippen molar-refractivity contribution in [2.24, 2.45) is 0 Å². The molecule has 25 heavy (non-hydrogen) atoms. The normalized spacial score (nSPS) is 16.4. The Morgan fingerprint density at radius 3 is 2.68 bits per heavy atom. The molecule has 1 saturated heterocycles. The first-order chi connectivity index (χ1) is 12.1. The molecule has 1 aromatic heterocycles. The second kappa shape index (κ2) is 7.76. The van der Waals surface area contributed by atoms with Crippen LogP contribution in [0.4, 0.5) is 5.69 Å². The monoisotopic (exact) mass is 342 g/mol. The van der Waals surface area contributed by atoms with Gasteiger partial charge in [-0.25, -0.2) is 4.79 Å².